The number of carbonyl (C=O) groups excluding carboxylic acids is 1. The zero-order valence-corrected chi connectivity index (χ0v) is 20.5. The van der Waals surface area contributed by atoms with Crippen molar-refractivity contribution in [3.05, 3.63) is 98.9 Å². The van der Waals surface area contributed by atoms with Crippen LogP contribution < -0.4 is 4.74 Å². The van der Waals surface area contributed by atoms with Gasteiger partial charge in [0, 0.05) is 11.6 Å². The number of hydrogen-bond acceptors (Lipinski definition) is 4. The van der Waals surface area contributed by atoms with Gasteiger partial charge in [-0.3, -0.25) is 9.69 Å². The second-order valence-corrected chi connectivity index (χ2v) is 9.86. The normalized spacial score (nSPS) is 17.6. The van der Waals surface area contributed by atoms with Crippen molar-refractivity contribution in [3.8, 4) is 5.75 Å². The summed E-state index contributed by atoms with van der Waals surface area (Å²) in [5.41, 5.74) is 5.77. The number of aliphatic imine (C=N–C) groups is 1. The molecule has 0 saturated carbocycles. The highest BCUT2D eigenvalue weighted by molar-refractivity contribution is 8.18. The first-order chi connectivity index (χ1) is 16.6. The molecule has 1 fully saturated rings. The molecule has 1 aliphatic heterocycles. The lowest BCUT2D eigenvalue weighted by molar-refractivity contribution is -0.122. The van der Waals surface area contributed by atoms with Crippen molar-refractivity contribution < 1.29 is 9.53 Å². The Balaban J connectivity index is 1.43. The van der Waals surface area contributed by atoms with Crippen LogP contribution in [0.5, 0.6) is 5.75 Å². The van der Waals surface area contributed by atoms with Crippen molar-refractivity contribution >= 4 is 46.2 Å². The minimum Gasteiger partial charge on any atom is -0.497 e. The van der Waals surface area contributed by atoms with Gasteiger partial charge in [0.15, 0.2) is 5.17 Å². The number of ether oxygens (including phenoxy) is 1. The Morgan fingerprint density at radius 1 is 1.03 bits per heavy atom. The molecule has 0 aromatic heterocycles. The molecule has 1 saturated heterocycles. The number of rotatable bonds is 6. The zero-order valence-electron chi connectivity index (χ0n) is 19.0. The topological polar surface area (TPSA) is 41.9 Å². The molecule has 0 radical (unpaired) electrons. The van der Waals surface area contributed by atoms with E-state index in [0.29, 0.717) is 16.5 Å². The summed E-state index contributed by atoms with van der Waals surface area (Å²) in [5, 5.41) is 1.39. The van der Waals surface area contributed by atoms with Crippen LogP contribution in [0.1, 0.15) is 28.7 Å². The van der Waals surface area contributed by atoms with Crippen LogP contribution in [0, 0.1) is 0 Å². The number of amides is 1. The maximum absolute atomic E-state index is 13.4. The summed E-state index contributed by atoms with van der Waals surface area (Å²) in [5.74, 6) is 0.803. The average Bonchev–Trinajstić information content (AvgIpc) is 3.43. The van der Waals surface area contributed by atoms with Gasteiger partial charge in [0.05, 0.1) is 17.7 Å². The van der Waals surface area contributed by atoms with Crippen molar-refractivity contribution in [1.82, 2.24) is 4.90 Å². The van der Waals surface area contributed by atoms with Gasteiger partial charge in [-0.15, -0.1) is 0 Å². The molecule has 0 N–H and O–H groups in total. The van der Waals surface area contributed by atoms with Gasteiger partial charge < -0.3 is 4.74 Å². The fourth-order valence-electron chi connectivity index (χ4n) is 4.27. The number of fused-ring (bicyclic) bond motifs is 1. The smallest absolute Gasteiger partial charge is 0.266 e. The average molecular weight is 489 g/mol. The van der Waals surface area contributed by atoms with E-state index in [1.807, 2.05) is 54.6 Å². The van der Waals surface area contributed by atoms with Crippen molar-refractivity contribution in [2.75, 3.05) is 13.7 Å². The van der Waals surface area contributed by atoms with E-state index in [1.54, 1.807) is 12.0 Å². The summed E-state index contributed by atoms with van der Waals surface area (Å²) in [7, 11) is 1.66. The van der Waals surface area contributed by atoms with Gasteiger partial charge in [0.25, 0.3) is 5.91 Å². The Labute approximate surface area is 209 Å². The van der Waals surface area contributed by atoms with E-state index in [9.17, 15) is 4.79 Å². The Kier molecular flexibility index (Phi) is 6.75. The van der Waals surface area contributed by atoms with Crippen LogP contribution in [0.3, 0.4) is 0 Å². The molecule has 3 aromatic rings. The van der Waals surface area contributed by atoms with Gasteiger partial charge in [-0.1, -0.05) is 41.9 Å². The first-order valence-electron chi connectivity index (χ1n) is 11.4. The molecule has 1 heterocycles. The predicted octanol–water partition coefficient (Wildman–Crippen LogP) is 6.68. The van der Waals surface area contributed by atoms with Crippen LogP contribution in [-0.2, 0) is 24.1 Å². The van der Waals surface area contributed by atoms with Crippen molar-refractivity contribution in [2.45, 2.75) is 25.7 Å². The van der Waals surface area contributed by atoms with Crippen LogP contribution >= 0.6 is 23.4 Å². The van der Waals surface area contributed by atoms with Crippen molar-refractivity contribution in [2.24, 2.45) is 4.99 Å². The summed E-state index contributed by atoms with van der Waals surface area (Å²) < 4.78 is 5.25. The molecule has 34 heavy (non-hydrogen) atoms. The number of thioether (sulfide) groups is 1. The maximum Gasteiger partial charge on any atom is 0.266 e. The highest BCUT2D eigenvalue weighted by Crippen LogP contribution is 2.35. The minimum atomic E-state index is -0.0200. The molecule has 0 spiro atoms. The zero-order chi connectivity index (χ0) is 23.5. The molecular weight excluding hydrogens is 464 g/mol. The van der Waals surface area contributed by atoms with E-state index >= 15 is 0 Å². The lowest BCUT2D eigenvalue weighted by Crippen LogP contribution is -2.31. The molecule has 0 atom stereocenters. The predicted molar refractivity (Wildman–Crippen MR) is 141 cm³/mol. The molecule has 1 amide bonds. The number of hydrogen-bond donors (Lipinski definition) is 0. The molecule has 5 rings (SSSR count). The fourth-order valence-corrected chi connectivity index (χ4v) is 5.42. The summed E-state index contributed by atoms with van der Waals surface area (Å²) in [6.07, 6.45) is 6.08. The monoisotopic (exact) mass is 488 g/mol. The van der Waals surface area contributed by atoms with E-state index in [1.165, 1.54) is 29.3 Å². The number of aryl methyl sites for hydroxylation is 2. The van der Waals surface area contributed by atoms with E-state index in [4.69, 9.17) is 21.3 Å². The third kappa shape index (κ3) is 5.06. The first kappa shape index (κ1) is 22.8. The van der Waals surface area contributed by atoms with Crippen LogP contribution in [-0.4, -0.2) is 29.6 Å². The van der Waals surface area contributed by atoms with E-state index < -0.39 is 0 Å². The Bertz CT molecular complexity index is 1270. The summed E-state index contributed by atoms with van der Waals surface area (Å²) >= 11 is 7.45. The quantitative estimate of drug-likeness (QED) is 0.363. The molecule has 1 aliphatic carbocycles. The molecule has 172 valence electrons. The second kappa shape index (κ2) is 10.1. The minimum absolute atomic E-state index is 0.0200. The third-order valence-electron chi connectivity index (χ3n) is 6.15. The fraction of sp³-hybridized carbons (Fsp3) is 0.214. The van der Waals surface area contributed by atoms with Crippen molar-refractivity contribution in [1.29, 1.82) is 0 Å². The number of halogens is 1. The van der Waals surface area contributed by atoms with Gasteiger partial charge in [0.2, 0.25) is 0 Å². The molecule has 0 bridgehead atoms. The number of benzene rings is 3. The highest BCUT2D eigenvalue weighted by Gasteiger charge is 2.33. The second-order valence-electron chi connectivity index (χ2n) is 8.42. The van der Waals surface area contributed by atoms with Gasteiger partial charge in [-0.2, -0.15) is 0 Å². The lowest BCUT2D eigenvalue weighted by atomic mass is 10.1. The number of methoxy groups -OCH3 is 1. The van der Waals surface area contributed by atoms with Gasteiger partial charge in [-0.05, 0) is 102 Å². The summed E-state index contributed by atoms with van der Waals surface area (Å²) in [4.78, 5) is 20.8. The highest BCUT2D eigenvalue weighted by atomic mass is 35.5. The summed E-state index contributed by atoms with van der Waals surface area (Å²) in [6.45, 7) is 0.555. The molecule has 0 unspecified atom stereocenters. The molecule has 6 heteroatoms. The van der Waals surface area contributed by atoms with Gasteiger partial charge in [0.1, 0.15) is 5.75 Å². The molecule has 4 nitrogen and oxygen atoms in total. The maximum atomic E-state index is 13.4. The number of nitrogens with zero attached hydrogens (tertiary/aromatic N) is 2. The number of amidine groups is 1. The lowest BCUT2D eigenvalue weighted by Gasteiger charge is -2.16. The van der Waals surface area contributed by atoms with E-state index in [-0.39, 0.29) is 5.91 Å². The van der Waals surface area contributed by atoms with Crippen LogP contribution in [0.2, 0.25) is 5.02 Å². The largest absolute Gasteiger partial charge is 0.497 e. The molecular formula is C28H25ClN2O2S. The van der Waals surface area contributed by atoms with E-state index in [0.717, 1.165) is 47.0 Å². The Hall–Kier alpha value is -3.02. The van der Waals surface area contributed by atoms with Crippen LogP contribution in [0.4, 0.5) is 5.69 Å². The van der Waals surface area contributed by atoms with Gasteiger partial charge in [-0.25, -0.2) is 4.99 Å². The van der Waals surface area contributed by atoms with Gasteiger partial charge >= 0.3 is 0 Å². The van der Waals surface area contributed by atoms with E-state index in [2.05, 4.69) is 18.2 Å². The Morgan fingerprint density at radius 3 is 2.56 bits per heavy atom. The number of carbonyl (C=O) groups is 1. The van der Waals surface area contributed by atoms with Crippen LogP contribution in [0.25, 0.3) is 6.08 Å². The molecule has 2 aliphatic rings. The summed E-state index contributed by atoms with van der Waals surface area (Å²) in [6, 6.07) is 21.9. The standard InChI is InChI=1S/C28H25ClN2O2S/c1-33-25-13-7-19(8-14-25)15-16-31-27(32)26(17-20-5-10-23(29)11-6-20)34-28(31)30-24-12-9-21-3-2-4-22(21)18-24/h5-14,17-18H,2-4,15-16H2,1H3. The molecule has 3 aromatic carbocycles. The SMILES string of the molecule is COc1ccc(CCN2C(=O)C(=Cc3ccc(Cl)cc3)SC2=Nc2ccc3c(c2)CCC3)cc1. The Morgan fingerprint density at radius 2 is 1.79 bits per heavy atom. The van der Waals surface area contributed by atoms with Crippen LogP contribution in [0.15, 0.2) is 76.6 Å². The first-order valence-corrected chi connectivity index (χ1v) is 12.6. The van der Waals surface area contributed by atoms with Crippen molar-refractivity contribution in [3.63, 3.8) is 0 Å². The third-order valence-corrected chi connectivity index (χ3v) is 7.40.